The maximum Gasteiger partial charge on any atom is 0.255 e. The number of aromatic amines is 1. The van der Waals surface area contributed by atoms with Crippen LogP contribution in [0.4, 0.5) is 5.69 Å². The third-order valence-electron chi connectivity index (χ3n) is 4.05. The van der Waals surface area contributed by atoms with Gasteiger partial charge in [-0.15, -0.1) is 0 Å². The second kappa shape index (κ2) is 7.86. The van der Waals surface area contributed by atoms with E-state index >= 15 is 0 Å². The second-order valence-corrected chi connectivity index (χ2v) is 7.41. The van der Waals surface area contributed by atoms with Crippen LogP contribution in [0.1, 0.15) is 15.9 Å². The number of anilines is 1. The average molecular weight is 394 g/mol. The number of rotatable bonds is 5. The lowest BCUT2D eigenvalue weighted by Crippen LogP contribution is -2.11. The number of benzene rings is 3. The summed E-state index contributed by atoms with van der Waals surface area (Å²) in [7, 11) is 0. The molecule has 0 aliphatic carbocycles. The predicted octanol–water partition coefficient (Wildman–Crippen LogP) is 5.76. The van der Waals surface area contributed by atoms with Gasteiger partial charge in [0, 0.05) is 22.0 Å². The Bertz CT molecular complexity index is 1080. The van der Waals surface area contributed by atoms with E-state index in [1.54, 1.807) is 11.8 Å². The van der Waals surface area contributed by atoms with Crippen molar-refractivity contribution in [3.05, 3.63) is 88.9 Å². The second-order valence-electron chi connectivity index (χ2n) is 6.01. The van der Waals surface area contributed by atoms with Crippen LogP contribution in [0.2, 0.25) is 5.02 Å². The monoisotopic (exact) mass is 393 g/mol. The van der Waals surface area contributed by atoms with Crippen LogP contribution in [0.25, 0.3) is 11.0 Å². The van der Waals surface area contributed by atoms with Crippen LogP contribution in [-0.4, -0.2) is 15.9 Å². The number of fused-ring (bicyclic) bond motifs is 1. The fourth-order valence-corrected chi connectivity index (χ4v) is 3.67. The van der Waals surface area contributed by atoms with Crippen molar-refractivity contribution in [2.75, 3.05) is 5.32 Å². The van der Waals surface area contributed by atoms with Crippen molar-refractivity contribution < 1.29 is 4.79 Å². The Morgan fingerprint density at radius 1 is 1.04 bits per heavy atom. The maximum atomic E-state index is 12.3. The van der Waals surface area contributed by atoms with Crippen molar-refractivity contribution >= 4 is 46.0 Å². The largest absolute Gasteiger partial charge is 0.333 e. The number of thioether (sulfide) groups is 1. The molecule has 0 saturated carbocycles. The number of para-hydroxylation sites is 1. The summed E-state index contributed by atoms with van der Waals surface area (Å²) in [4.78, 5) is 20.1. The van der Waals surface area contributed by atoms with Crippen molar-refractivity contribution in [1.29, 1.82) is 0 Å². The summed E-state index contributed by atoms with van der Waals surface area (Å²) in [6, 6.07) is 22.6. The highest BCUT2D eigenvalue weighted by atomic mass is 35.5. The lowest BCUT2D eigenvalue weighted by atomic mass is 10.1. The van der Waals surface area contributed by atoms with Crippen LogP contribution >= 0.6 is 23.4 Å². The smallest absolute Gasteiger partial charge is 0.255 e. The molecule has 6 heteroatoms. The first-order chi connectivity index (χ1) is 13.2. The number of hydrogen-bond acceptors (Lipinski definition) is 3. The molecule has 0 saturated heterocycles. The Balaban J connectivity index is 1.39. The summed E-state index contributed by atoms with van der Waals surface area (Å²) in [5.74, 6) is 0.642. The molecule has 0 unspecified atom stereocenters. The van der Waals surface area contributed by atoms with E-state index < -0.39 is 0 Å². The highest BCUT2D eigenvalue weighted by Crippen LogP contribution is 2.25. The standard InChI is InChI=1S/C21H16ClN3OS/c22-16-10-11-18-19(12-16)25-21(24-18)27-13-14-6-8-15(9-7-14)20(26)23-17-4-2-1-3-5-17/h1-12H,13H2,(H,23,26)(H,24,25). The van der Waals surface area contributed by atoms with E-state index in [1.807, 2.05) is 72.8 Å². The van der Waals surface area contributed by atoms with Crippen LogP contribution < -0.4 is 5.32 Å². The highest BCUT2D eigenvalue weighted by Gasteiger charge is 2.07. The molecule has 27 heavy (non-hydrogen) atoms. The number of halogens is 1. The van der Waals surface area contributed by atoms with Gasteiger partial charge in [-0.05, 0) is 48.0 Å². The molecule has 0 spiro atoms. The van der Waals surface area contributed by atoms with Gasteiger partial charge in [0.2, 0.25) is 0 Å². The van der Waals surface area contributed by atoms with Crippen molar-refractivity contribution in [2.45, 2.75) is 10.9 Å². The first-order valence-electron chi connectivity index (χ1n) is 8.41. The molecule has 2 N–H and O–H groups in total. The van der Waals surface area contributed by atoms with Gasteiger partial charge in [-0.3, -0.25) is 4.79 Å². The lowest BCUT2D eigenvalue weighted by Gasteiger charge is -2.06. The number of nitrogens with one attached hydrogen (secondary N) is 2. The Kier molecular flexibility index (Phi) is 5.14. The van der Waals surface area contributed by atoms with Gasteiger partial charge in [0.25, 0.3) is 5.91 Å². The summed E-state index contributed by atoms with van der Waals surface area (Å²) in [6.45, 7) is 0. The Morgan fingerprint density at radius 3 is 2.59 bits per heavy atom. The van der Waals surface area contributed by atoms with E-state index in [1.165, 1.54) is 0 Å². The lowest BCUT2D eigenvalue weighted by molar-refractivity contribution is 0.102. The summed E-state index contributed by atoms with van der Waals surface area (Å²) >= 11 is 7.62. The van der Waals surface area contributed by atoms with Gasteiger partial charge in [-0.1, -0.05) is 53.7 Å². The first-order valence-corrected chi connectivity index (χ1v) is 9.77. The Labute approximate surface area is 166 Å². The molecule has 0 fully saturated rings. The fraction of sp³-hybridized carbons (Fsp3) is 0.0476. The molecule has 1 heterocycles. The molecule has 4 nitrogen and oxygen atoms in total. The number of amides is 1. The third-order valence-corrected chi connectivity index (χ3v) is 5.23. The van der Waals surface area contributed by atoms with E-state index in [0.717, 1.165) is 33.2 Å². The number of aromatic nitrogens is 2. The van der Waals surface area contributed by atoms with E-state index in [0.29, 0.717) is 10.6 Å². The summed E-state index contributed by atoms with van der Waals surface area (Å²) in [6.07, 6.45) is 0. The molecule has 0 radical (unpaired) electrons. The molecule has 3 aromatic carbocycles. The van der Waals surface area contributed by atoms with Crippen LogP contribution in [0.3, 0.4) is 0 Å². The minimum atomic E-state index is -0.116. The van der Waals surface area contributed by atoms with Crippen LogP contribution in [0.15, 0.2) is 78.0 Å². The van der Waals surface area contributed by atoms with E-state index in [2.05, 4.69) is 15.3 Å². The van der Waals surface area contributed by atoms with Gasteiger partial charge in [0.1, 0.15) is 0 Å². The third kappa shape index (κ3) is 4.32. The van der Waals surface area contributed by atoms with Crippen LogP contribution in [0, 0.1) is 0 Å². The normalized spacial score (nSPS) is 10.9. The predicted molar refractivity (Wildman–Crippen MR) is 112 cm³/mol. The topological polar surface area (TPSA) is 57.8 Å². The zero-order chi connectivity index (χ0) is 18.6. The molecule has 0 aliphatic rings. The van der Waals surface area contributed by atoms with Gasteiger partial charge in [-0.2, -0.15) is 0 Å². The minimum absolute atomic E-state index is 0.116. The van der Waals surface area contributed by atoms with Crippen molar-refractivity contribution in [3.63, 3.8) is 0 Å². The van der Waals surface area contributed by atoms with Gasteiger partial charge < -0.3 is 10.3 Å². The molecule has 0 aliphatic heterocycles. The number of carbonyl (C=O) groups is 1. The SMILES string of the molecule is O=C(Nc1ccccc1)c1ccc(CSc2nc3ccc(Cl)cc3[nH]2)cc1. The number of hydrogen-bond donors (Lipinski definition) is 2. The van der Waals surface area contributed by atoms with E-state index in [4.69, 9.17) is 11.6 Å². The summed E-state index contributed by atoms with van der Waals surface area (Å²) in [5, 5.41) is 4.42. The molecule has 134 valence electrons. The number of H-pyrrole nitrogens is 1. The molecule has 1 amide bonds. The molecule has 4 aromatic rings. The van der Waals surface area contributed by atoms with Gasteiger partial charge in [0.05, 0.1) is 11.0 Å². The summed E-state index contributed by atoms with van der Waals surface area (Å²) < 4.78 is 0. The van der Waals surface area contributed by atoms with Crippen molar-refractivity contribution in [2.24, 2.45) is 0 Å². The van der Waals surface area contributed by atoms with Crippen molar-refractivity contribution in [3.8, 4) is 0 Å². The number of carbonyl (C=O) groups excluding carboxylic acids is 1. The molecular weight excluding hydrogens is 378 g/mol. The maximum absolute atomic E-state index is 12.3. The Hall–Kier alpha value is -2.76. The molecule has 1 aromatic heterocycles. The fourth-order valence-electron chi connectivity index (χ4n) is 2.66. The quantitative estimate of drug-likeness (QED) is 0.424. The summed E-state index contributed by atoms with van der Waals surface area (Å²) in [5.41, 5.74) is 4.36. The first kappa shape index (κ1) is 17.6. The van der Waals surface area contributed by atoms with Crippen LogP contribution in [0.5, 0.6) is 0 Å². The zero-order valence-electron chi connectivity index (χ0n) is 14.3. The average Bonchev–Trinajstić information content (AvgIpc) is 3.09. The van der Waals surface area contributed by atoms with E-state index in [9.17, 15) is 4.79 Å². The zero-order valence-corrected chi connectivity index (χ0v) is 15.8. The van der Waals surface area contributed by atoms with Gasteiger partial charge >= 0.3 is 0 Å². The highest BCUT2D eigenvalue weighted by molar-refractivity contribution is 7.98. The van der Waals surface area contributed by atoms with Gasteiger partial charge in [0.15, 0.2) is 5.16 Å². The molecule has 0 bridgehead atoms. The minimum Gasteiger partial charge on any atom is -0.333 e. The molecular formula is C21H16ClN3OS. The number of nitrogens with zero attached hydrogens (tertiary/aromatic N) is 1. The number of imidazole rings is 1. The van der Waals surface area contributed by atoms with Crippen LogP contribution in [-0.2, 0) is 5.75 Å². The van der Waals surface area contributed by atoms with Gasteiger partial charge in [-0.25, -0.2) is 4.98 Å². The van der Waals surface area contributed by atoms with Crippen molar-refractivity contribution in [1.82, 2.24) is 9.97 Å². The van der Waals surface area contributed by atoms with E-state index in [-0.39, 0.29) is 5.91 Å². The molecule has 0 atom stereocenters. The molecule has 4 rings (SSSR count). The Morgan fingerprint density at radius 2 is 1.81 bits per heavy atom.